The van der Waals surface area contributed by atoms with Crippen molar-refractivity contribution < 1.29 is 19.1 Å². The Kier molecular flexibility index (Phi) is 9.25. The van der Waals surface area contributed by atoms with Gasteiger partial charge in [-0.2, -0.15) is 11.8 Å². The van der Waals surface area contributed by atoms with Crippen molar-refractivity contribution in [2.45, 2.75) is 69.2 Å². The lowest BCUT2D eigenvalue weighted by Gasteiger charge is -2.16. The Morgan fingerprint density at radius 1 is 1.19 bits per heavy atom. The van der Waals surface area contributed by atoms with Crippen LogP contribution in [0.4, 0.5) is 4.79 Å². The van der Waals surface area contributed by atoms with Gasteiger partial charge in [-0.15, -0.1) is 0 Å². The van der Waals surface area contributed by atoms with Gasteiger partial charge in [-0.05, 0) is 26.2 Å². The summed E-state index contributed by atoms with van der Waals surface area (Å²) in [6, 6.07) is 0.444. The molecule has 0 saturated carbocycles. The van der Waals surface area contributed by atoms with Gasteiger partial charge < -0.3 is 20.7 Å². The molecule has 0 aliphatic carbocycles. The highest BCUT2D eigenvalue weighted by molar-refractivity contribution is 8.00. The van der Waals surface area contributed by atoms with Gasteiger partial charge >= 0.3 is 6.03 Å². The maximum Gasteiger partial charge on any atom is 0.315 e. The second-order valence-corrected chi connectivity index (χ2v) is 8.08. The van der Waals surface area contributed by atoms with Crippen molar-refractivity contribution in [1.29, 1.82) is 0 Å². The quantitative estimate of drug-likeness (QED) is 0.331. The van der Waals surface area contributed by atoms with Crippen molar-refractivity contribution in [3.63, 3.8) is 0 Å². The zero-order valence-electron chi connectivity index (χ0n) is 15.6. The van der Waals surface area contributed by atoms with E-state index in [4.69, 9.17) is 4.74 Å². The minimum Gasteiger partial charge on any atom is -0.381 e. The van der Waals surface area contributed by atoms with Crippen LogP contribution in [0, 0.1) is 0 Å². The van der Waals surface area contributed by atoms with Crippen LogP contribution < -0.4 is 16.0 Å². The summed E-state index contributed by atoms with van der Waals surface area (Å²) in [5.41, 5.74) is 0. The van der Waals surface area contributed by atoms with E-state index in [0.29, 0.717) is 50.7 Å². The van der Waals surface area contributed by atoms with Gasteiger partial charge in [0.15, 0.2) is 0 Å². The molecule has 0 radical (unpaired) electrons. The summed E-state index contributed by atoms with van der Waals surface area (Å²) < 4.78 is 5.15. The maximum absolute atomic E-state index is 11.8. The number of ether oxygens (including phenoxy) is 1. The lowest BCUT2D eigenvalue weighted by molar-refractivity contribution is -0.122. The summed E-state index contributed by atoms with van der Waals surface area (Å²) in [5, 5.41) is 9.26. The summed E-state index contributed by atoms with van der Waals surface area (Å²) in [4.78, 5) is 34.7. The van der Waals surface area contributed by atoms with E-state index < -0.39 is 0 Å². The summed E-state index contributed by atoms with van der Waals surface area (Å²) in [6.45, 7) is 3.59. The molecule has 0 unspecified atom stereocenters. The molecule has 26 heavy (non-hydrogen) atoms. The third kappa shape index (κ3) is 7.15. The summed E-state index contributed by atoms with van der Waals surface area (Å²) in [6.07, 6.45) is 5.03. The fourth-order valence-corrected chi connectivity index (χ4v) is 4.87. The third-order valence-corrected chi connectivity index (χ3v) is 6.27. The highest BCUT2D eigenvalue weighted by atomic mass is 32.2. The minimum absolute atomic E-state index is 0.0546. The molecule has 0 bridgehead atoms. The molecule has 0 aromatic rings. The topological polar surface area (TPSA) is 96.5 Å². The van der Waals surface area contributed by atoms with Gasteiger partial charge in [0.2, 0.25) is 5.91 Å². The number of urea groups is 1. The SMILES string of the molecule is CCOCCC(=O)CCCNC(=O)CCCC[C@@H]1SC[C@@H]2NC(=O)N[C@@H]21. The molecule has 3 amide bonds. The molecule has 3 atom stereocenters. The molecule has 3 N–H and O–H groups in total. The van der Waals surface area contributed by atoms with E-state index in [-0.39, 0.29) is 29.8 Å². The fraction of sp³-hybridized carbons (Fsp3) is 0.833. The highest BCUT2D eigenvalue weighted by Crippen LogP contribution is 2.33. The van der Waals surface area contributed by atoms with Crippen LogP contribution in [0.1, 0.15) is 51.9 Å². The van der Waals surface area contributed by atoms with Crippen molar-refractivity contribution >= 4 is 29.5 Å². The van der Waals surface area contributed by atoms with Crippen molar-refractivity contribution in [1.82, 2.24) is 16.0 Å². The average Bonchev–Trinajstić information content (AvgIpc) is 3.15. The number of rotatable bonds is 13. The second-order valence-electron chi connectivity index (χ2n) is 6.81. The first-order valence-electron chi connectivity index (χ1n) is 9.65. The molecule has 8 heteroatoms. The molecule has 2 fully saturated rings. The molecule has 0 aromatic heterocycles. The zero-order valence-corrected chi connectivity index (χ0v) is 16.4. The maximum atomic E-state index is 11.8. The van der Waals surface area contributed by atoms with Crippen LogP contribution in [0.3, 0.4) is 0 Å². The number of carbonyl (C=O) groups excluding carboxylic acids is 3. The number of ketones is 1. The van der Waals surface area contributed by atoms with E-state index in [2.05, 4.69) is 16.0 Å². The van der Waals surface area contributed by atoms with Crippen LogP contribution in [0.5, 0.6) is 0 Å². The number of thioether (sulfide) groups is 1. The molecule has 0 spiro atoms. The monoisotopic (exact) mass is 385 g/mol. The van der Waals surface area contributed by atoms with Crippen molar-refractivity contribution in [2.75, 3.05) is 25.5 Å². The summed E-state index contributed by atoms with van der Waals surface area (Å²) in [7, 11) is 0. The van der Waals surface area contributed by atoms with Gasteiger partial charge in [-0.3, -0.25) is 9.59 Å². The third-order valence-electron chi connectivity index (χ3n) is 4.76. The Balaban J connectivity index is 1.44. The summed E-state index contributed by atoms with van der Waals surface area (Å²) in [5.74, 6) is 1.21. The van der Waals surface area contributed by atoms with Crippen molar-refractivity contribution in [2.24, 2.45) is 0 Å². The number of Topliss-reactive ketones (excluding diaryl/α,β-unsaturated/α-hetero) is 1. The predicted octanol–water partition coefficient (Wildman–Crippen LogP) is 1.60. The molecule has 2 aliphatic rings. The van der Waals surface area contributed by atoms with Crippen LogP contribution in [-0.4, -0.2) is 60.6 Å². The first kappa shape index (κ1) is 21.0. The number of carbonyl (C=O) groups is 3. The molecular weight excluding hydrogens is 354 g/mol. The Hall–Kier alpha value is -1.28. The van der Waals surface area contributed by atoms with E-state index in [1.165, 1.54) is 0 Å². The van der Waals surface area contributed by atoms with E-state index in [0.717, 1.165) is 25.0 Å². The van der Waals surface area contributed by atoms with E-state index >= 15 is 0 Å². The normalized spacial score (nSPS) is 24.0. The van der Waals surface area contributed by atoms with Crippen molar-refractivity contribution in [3.05, 3.63) is 0 Å². The molecule has 7 nitrogen and oxygen atoms in total. The molecule has 148 valence electrons. The largest absolute Gasteiger partial charge is 0.381 e. The average molecular weight is 386 g/mol. The second kappa shape index (κ2) is 11.4. The van der Waals surface area contributed by atoms with Crippen LogP contribution in [0.15, 0.2) is 0 Å². The Morgan fingerprint density at radius 2 is 2.04 bits per heavy atom. The molecule has 2 saturated heterocycles. The van der Waals surface area contributed by atoms with E-state index in [9.17, 15) is 14.4 Å². The molecular formula is C18H31N3O4S. The number of amides is 3. The number of nitrogens with one attached hydrogen (secondary N) is 3. The lowest BCUT2D eigenvalue weighted by Crippen LogP contribution is -2.36. The highest BCUT2D eigenvalue weighted by Gasteiger charge is 2.42. The first-order chi connectivity index (χ1) is 12.6. The number of hydrogen-bond acceptors (Lipinski definition) is 5. The Bertz CT molecular complexity index is 489. The zero-order chi connectivity index (χ0) is 18.8. The smallest absolute Gasteiger partial charge is 0.315 e. The van der Waals surface area contributed by atoms with E-state index in [1.807, 2.05) is 18.7 Å². The summed E-state index contributed by atoms with van der Waals surface area (Å²) >= 11 is 1.90. The van der Waals surface area contributed by atoms with Gasteiger partial charge in [0.05, 0.1) is 18.7 Å². The predicted molar refractivity (Wildman–Crippen MR) is 102 cm³/mol. The standard InChI is InChI=1S/C18H31N3O4S/c1-2-25-11-9-13(22)6-5-10-19-16(23)8-4-3-7-15-17-14(12-26-15)20-18(24)21-17/h14-15,17H,2-12H2,1H3,(H,19,23)(H2,20,21,24)/t14-,15-,17-/m0/s1. The molecule has 0 aromatic carbocycles. The number of fused-ring (bicyclic) bond motifs is 1. The first-order valence-corrected chi connectivity index (χ1v) is 10.7. The van der Waals surface area contributed by atoms with Gasteiger partial charge in [0.25, 0.3) is 0 Å². The molecule has 2 rings (SSSR count). The number of hydrogen-bond donors (Lipinski definition) is 3. The van der Waals surface area contributed by atoms with Gasteiger partial charge in [-0.1, -0.05) is 6.42 Å². The Labute approximate surface area is 159 Å². The fourth-order valence-electron chi connectivity index (χ4n) is 3.33. The van der Waals surface area contributed by atoms with Crippen LogP contribution >= 0.6 is 11.8 Å². The lowest BCUT2D eigenvalue weighted by atomic mass is 10.0. The van der Waals surface area contributed by atoms with Crippen LogP contribution in [0.2, 0.25) is 0 Å². The van der Waals surface area contributed by atoms with Gasteiger partial charge in [-0.25, -0.2) is 4.79 Å². The molecule has 2 heterocycles. The van der Waals surface area contributed by atoms with Crippen LogP contribution in [0.25, 0.3) is 0 Å². The van der Waals surface area contributed by atoms with Gasteiger partial charge in [0, 0.05) is 43.4 Å². The molecule has 2 aliphatic heterocycles. The minimum atomic E-state index is -0.0546. The van der Waals surface area contributed by atoms with Crippen molar-refractivity contribution in [3.8, 4) is 0 Å². The van der Waals surface area contributed by atoms with Gasteiger partial charge in [0.1, 0.15) is 5.78 Å². The number of unbranched alkanes of at least 4 members (excludes halogenated alkanes) is 1. The Morgan fingerprint density at radius 3 is 2.85 bits per heavy atom. The van der Waals surface area contributed by atoms with Crippen LogP contribution in [-0.2, 0) is 14.3 Å². The van der Waals surface area contributed by atoms with E-state index in [1.54, 1.807) is 0 Å².